The molecule has 4 aromatic rings. The summed E-state index contributed by atoms with van der Waals surface area (Å²) >= 11 is 0. The number of piperazine rings is 1. The second kappa shape index (κ2) is 14.3. The van der Waals surface area contributed by atoms with Crippen molar-refractivity contribution in [3.63, 3.8) is 0 Å². The first-order valence-corrected chi connectivity index (χ1v) is 18.5. The minimum absolute atomic E-state index is 0.0175. The Hall–Kier alpha value is -4.36. The van der Waals surface area contributed by atoms with Crippen LogP contribution in [-0.4, -0.2) is 67.2 Å². The summed E-state index contributed by atoms with van der Waals surface area (Å²) in [6.45, 7) is 8.31. The minimum Gasteiger partial charge on any atom is -0.366 e. The highest BCUT2D eigenvalue weighted by Crippen LogP contribution is 2.33. The molecule has 0 N–H and O–H groups in total. The molecule has 13 heteroatoms. The fraction of sp³-hybridized carbons (Fsp3) is 0.395. The summed E-state index contributed by atoms with van der Waals surface area (Å²) in [7, 11) is -3.91. The maximum atomic E-state index is 14.5. The van der Waals surface area contributed by atoms with Gasteiger partial charge in [-0.1, -0.05) is 57.2 Å². The molecule has 2 aliphatic rings. The highest BCUT2D eigenvalue weighted by atomic mass is 32.2. The number of nitrogens with zero attached hydrogens (tertiary/aromatic N) is 5. The van der Waals surface area contributed by atoms with E-state index in [1.54, 1.807) is 48.5 Å². The second-order valence-electron chi connectivity index (χ2n) is 14.1. The summed E-state index contributed by atoms with van der Waals surface area (Å²) in [6.07, 6.45) is -3.32. The molecule has 270 valence electrons. The van der Waals surface area contributed by atoms with Crippen LogP contribution in [0.15, 0.2) is 83.8 Å². The molecule has 2 fully saturated rings. The van der Waals surface area contributed by atoms with Crippen molar-refractivity contribution in [1.82, 2.24) is 14.3 Å². The van der Waals surface area contributed by atoms with Gasteiger partial charge in [-0.3, -0.25) is 4.79 Å². The average Bonchev–Trinajstić information content (AvgIpc) is 3.62. The summed E-state index contributed by atoms with van der Waals surface area (Å²) in [5.74, 6) is -0.186. The van der Waals surface area contributed by atoms with Gasteiger partial charge in [0.05, 0.1) is 27.9 Å². The Bertz CT molecular complexity index is 1970. The number of aromatic nitrogens is 2. The van der Waals surface area contributed by atoms with Gasteiger partial charge in [0.25, 0.3) is 0 Å². The number of carbonyl (C=O) groups excluding carboxylic acids is 1. The van der Waals surface area contributed by atoms with Crippen molar-refractivity contribution >= 4 is 27.4 Å². The van der Waals surface area contributed by atoms with Crippen molar-refractivity contribution < 1.29 is 30.8 Å². The fourth-order valence-corrected chi connectivity index (χ4v) is 8.29. The molecule has 8 nitrogen and oxygen atoms in total. The van der Waals surface area contributed by atoms with E-state index in [1.807, 2.05) is 30.6 Å². The van der Waals surface area contributed by atoms with Gasteiger partial charge in [0.15, 0.2) is 5.78 Å². The van der Waals surface area contributed by atoms with E-state index in [9.17, 15) is 30.8 Å². The summed E-state index contributed by atoms with van der Waals surface area (Å²) in [4.78, 5) is 27.1. The van der Waals surface area contributed by atoms with Crippen LogP contribution in [0.3, 0.4) is 0 Å². The number of anilines is 2. The number of Topliss-reactive ketones (excluding diaryl/α,β-unsaturated/α-hetero) is 1. The summed E-state index contributed by atoms with van der Waals surface area (Å²) in [6, 6.07) is 18.9. The maximum Gasteiger partial charge on any atom is 0.416 e. The van der Waals surface area contributed by atoms with Crippen molar-refractivity contribution in [1.29, 1.82) is 0 Å². The molecular weight excluding hydrogens is 683 g/mol. The van der Waals surface area contributed by atoms with Gasteiger partial charge in [-0.15, -0.1) is 0 Å². The molecule has 51 heavy (non-hydrogen) atoms. The number of benzene rings is 3. The number of carbonyl (C=O) groups is 1. The Balaban J connectivity index is 1.21. The van der Waals surface area contributed by atoms with Gasteiger partial charge in [-0.25, -0.2) is 22.8 Å². The summed E-state index contributed by atoms with van der Waals surface area (Å²) in [5.41, 5.74) is 1.94. The van der Waals surface area contributed by atoms with E-state index in [-0.39, 0.29) is 41.3 Å². The lowest BCUT2D eigenvalue weighted by Crippen LogP contribution is -2.47. The van der Waals surface area contributed by atoms with E-state index < -0.39 is 27.8 Å². The Morgan fingerprint density at radius 2 is 1.45 bits per heavy atom. The number of ketones is 1. The van der Waals surface area contributed by atoms with E-state index >= 15 is 0 Å². The van der Waals surface area contributed by atoms with Crippen molar-refractivity contribution in [3.8, 4) is 11.3 Å². The smallest absolute Gasteiger partial charge is 0.366 e. The van der Waals surface area contributed by atoms with Gasteiger partial charge < -0.3 is 9.80 Å². The third-order valence-electron chi connectivity index (χ3n) is 9.56. The topological polar surface area (TPSA) is 86.7 Å². The highest BCUT2D eigenvalue weighted by Gasteiger charge is 2.39. The van der Waals surface area contributed by atoms with E-state index in [4.69, 9.17) is 9.97 Å². The van der Waals surface area contributed by atoms with Crippen molar-refractivity contribution in [2.24, 2.45) is 0 Å². The molecule has 1 atom stereocenters. The molecule has 3 aromatic carbocycles. The quantitative estimate of drug-likeness (QED) is 0.168. The Kier molecular flexibility index (Phi) is 10.2. The summed E-state index contributed by atoms with van der Waals surface area (Å²) in [5, 5.41) is 0. The largest absolute Gasteiger partial charge is 0.416 e. The maximum absolute atomic E-state index is 14.5. The third-order valence-corrected chi connectivity index (χ3v) is 11.5. The molecule has 0 bridgehead atoms. The molecule has 0 spiro atoms. The number of sulfonamides is 1. The molecule has 6 rings (SSSR count). The fourth-order valence-electron chi connectivity index (χ4n) is 6.62. The number of alkyl halides is 3. The minimum atomic E-state index is -4.49. The van der Waals surface area contributed by atoms with Crippen LogP contribution in [0.5, 0.6) is 0 Å². The molecule has 2 saturated heterocycles. The normalized spacial score (nSPS) is 17.6. The van der Waals surface area contributed by atoms with E-state index in [1.165, 1.54) is 22.5 Å². The van der Waals surface area contributed by atoms with Crippen LogP contribution in [0.4, 0.5) is 29.2 Å². The number of hydrogen-bond acceptors (Lipinski definition) is 7. The Morgan fingerprint density at radius 3 is 2.08 bits per heavy atom. The van der Waals surface area contributed by atoms with Crippen molar-refractivity contribution in [2.75, 3.05) is 42.5 Å². The van der Waals surface area contributed by atoms with Crippen LogP contribution in [0.25, 0.3) is 11.3 Å². The third kappa shape index (κ3) is 8.09. The van der Waals surface area contributed by atoms with Crippen LogP contribution in [0.2, 0.25) is 0 Å². The van der Waals surface area contributed by atoms with Crippen molar-refractivity contribution in [2.45, 2.75) is 69.0 Å². The second-order valence-corrected chi connectivity index (χ2v) is 16.0. The molecule has 0 saturated carbocycles. The number of para-hydroxylation sites is 1. The number of hydrogen-bond donors (Lipinski definition) is 0. The van der Waals surface area contributed by atoms with Crippen LogP contribution in [0.1, 0.15) is 56.9 Å². The van der Waals surface area contributed by atoms with Gasteiger partial charge in [0.2, 0.25) is 16.0 Å². The lowest BCUT2D eigenvalue weighted by Gasteiger charge is -2.36. The van der Waals surface area contributed by atoms with Crippen LogP contribution < -0.4 is 9.80 Å². The number of halogens is 4. The molecule has 0 radical (unpaired) electrons. The number of aryl methyl sites for hydroxylation is 1. The van der Waals surface area contributed by atoms with Crippen LogP contribution in [-0.2, 0) is 32.8 Å². The zero-order valence-electron chi connectivity index (χ0n) is 28.8. The summed E-state index contributed by atoms with van der Waals surface area (Å²) < 4.78 is 83.0. The first-order valence-electron chi connectivity index (χ1n) is 17.1. The first-order chi connectivity index (χ1) is 24.1. The van der Waals surface area contributed by atoms with Crippen LogP contribution >= 0.6 is 0 Å². The predicted molar refractivity (Wildman–Crippen MR) is 189 cm³/mol. The number of rotatable bonds is 9. The Labute approximate surface area is 296 Å². The SMILES string of the molecule is CC(C)(C)c1ccc(S(=O)(=O)N2CCC[C@H]2C(=O)CCc2cc(-c3ccc(C(F)(F)F)cc3)nc(N3CCN(c4ccccc4F)CC3)n2)cc1. The van der Waals surface area contributed by atoms with Gasteiger partial charge in [-0.05, 0) is 72.7 Å². The van der Waals surface area contributed by atoms with Crippen LogP contribution in [0, 0.1) is 5.82 Å². The van der Waals surface area contributed by atoms with E-state index in [0.717, 1.165) is 17.7 Å². The molecular formula is C38H41F4N5O3S. The monoisotopic (exact) mass is 723 g/mol. The first kappa shape index (κ1) is 36.4. The average molecular weight is 724 g/mol. The lowest BCUT2D eigenvalue weighted by atomic mass is 9.87. The predicted octanol–water partition coefficient (Wildman–Crippen LogP) is 7.28. The van der Waals surface area contributed by atoms with Gasteiger partial charge in [0.1, 0.15) is 5.82 Å². The van der Waals surface area contributed by atoms with Crippen molar-refractivity contribution in [3.05, 3.63) is 102 Å². The molecule has 3 heterocycles. The van der Waals surface area contributed by atoms with Gasteiger partial charge in [-0.2, -0.15) is 17.5 Å². The van der Waals surface area contributed by atoms with E-state index in [0.29, 0.717) is 67.6 Å². The Morgan fingerprint density at radius 1 is 0.824 bits per heavy atom. The van der Waals surface area contributed by atoms with E-state index in [2.05, 4.69) is 0 Å². The highest BCUT2D eigenvalue weighted by molar-refractivity contribution is 7.89. The molecule has 0 amide bonds. The molecule has 2 aliphatic heterocycles. The standard InChI is InChI=1S/C38H41F4N5O3S/c1-37(2,3)27-14-17-30(18-15-27)51(49,50)47-20-6-9-34(47)35(48)19-16-29-25-32(26-10-12-28(13-11-26)38(40,41)42)44-36(43-29)46-23-21-45(22-24-46)33-8-5-4-7-31(33)39/h4-5,7-8,10-15,17-18,25,34H,6,9,16,19-24H2,1-3H3/t34-/m0/s1. The van der Waals surface area contributed by atoms with Gasteiger partial charge >= 0.3 is 6.18 Å². The lowest BCUT2D eigenvalue weighted by molar-refractivity contribution is -0.137. The molecule has 0 aliphatic carbocycles. The molecule has 0 unspecified atom stereocenters. The zero-order chi connectivity index (χ0) is 36.6. The van der Waals surface area contributed by atoms with Gasteiger partial charge in [0, 0.05) is 50.4 Å². The molecule has 1 aromatic heterocycles. The zero-order valence-corrected chi connectivity index (χ0v) is 29.6.